The van der Waals surface area contributed by atoms with Crippen LogP contribution in [0.3, 0.4) is 0 Å². The van der Waals surface area contributed by atoms with Crippen LogP contribution >= 0.6 is 11.8 Å². The van der Waals surface area contributed by atoms with Gasteiger partial charge in [0, 0.05) is 0 Å². The number of thioether (sulfide) groups is 1. The number of hydrogen-bond donors (Lipinski definition) is 1. The second kappa shape index (κ2) is 6.22. The van der Waals surface area contributed by atoms with Crippen LogP contribution in [0.25, 0.3) is 0 Å². The van der Waals surface area contributed by atoms with Gasteiger partial charge in [-0.1, -0.05) is 42.5 Å². The zero-order valence-corrected chi connectivity index (χ0v) is 12.6. The van der Waals surface area contributed by atoms with Crippen molar-refractivity contribution in [3.05, 3.63) is 65.7 Å². The van der Waals surface area contributed by atoms with E-state index >= 15 is 0 Å². The number of ether oxygens (including phenoxy) is 1. The van der Waals surface area contributed by atoms with E-state index in [4.69, 9.17) is 4.74 Å². The van der Waals surface area contributed by atoms with Crippen LogP contribution in [-0.4, -0.2) is 11.2 Å². The molecule has 0 spiro atoms. The molecule has 1 fully saturated rings. The second-order valence-electron chi connectivity index (χ2n) is 5.01. The van der Waals surface area contributed by atoms with Crippen molar-refractivity contribution in [1.82, 2.24) is 5.32 Å². The summed E-state index contributed by atoms with van der Waals surface area (Å²) < 4.78 is 5.76. The van der Waals surface area contributed by atoms with Crippen LogP contribution in [0.1, 0.15) is 23.4 Å². The topological polar surface area (TPSA) is 38.3 Å². The predicted molar refractivity (Wildman–Crippen MR) is 85.2 cm³/mol. The maximum atomic E-state index is 11.5. The van der Waals surface area contributed by atoms with Gasteiger partial charge in [0.15, 0.2) is 0 Å². The van der Waals surface area contributed by atoms with Crippen molar-refractivity contribution in [1.29, 1.82) is 0 Å². The molecule has 0 bridgehead atoms. The van der Waals surface area contributed by atoms with Gasteiger partial charge in [0.1, 0.15) is 17.7 Å². The standard InChI is InChI=1S/C17H17NO2S/c1-12-16(19)18-17(21-12)14-7-9-15(10-8-14)20-11-13-5-3-2-4-6-13/h2-10,12,17H,11H2,1H3,(H,18,19)/t12-,17-/m0/s1. The summed E-state index contributed by atoms with van der Waals surface area (Å²) in [6.07, 6.45) is 0. The molecule has 1 aliphatic heterocycles. The molecule has 0 aromatic heterocycles. The van der Waals surface area contributed by atoms with Gasteiger partial charge in [-0.2, -0.15) is 0 Å². The summed E-state index contributed by atoms with van der Waals surface area (Å²) in [5.41, 5.74) is 2.25. The van der Waals surface area contributed by atoms with E-state index in [9.17, 15) is 4.79 Å². The van der Waals surface area contributed by atoms with Gasteiger partial charge in [-0.25, -0.2) is 0 Å². The summed E-state index contributed by atoms with van der Waals surface area (Å²) in [7, 11) is 0. The van der Waals surface area contributed by atoms with E-state index in [-0.39, 0.29) is 16.5 Å². The number of nitrogens with one attached hydrogen (secondary N) is 1. The number of hydrogen-bond acceptors (Lipinski definition) is 3. The molecule has 21 heavy (non-hydrogen) atoms. The van der Waals surface area contributed by atoms with E-state index in [0.717, 1.165) is 16.9 Å². The van der Waals surface area contributed by atoms with Crippen LogP contribution < -0.4 is 10.1 Å². The molecule has 1 N–H and O–H groups in total. The van der Waals surface area contributed by atoms with Crippen LogP contribution in [-0.2, 0) is 11.4 Å². The third kappa shape index (κ3) is 3.39. The lowest BCUT2D eigenvalue weighted by molar-refractivity contribution is -0.119. The molecule has 1 saturated heterocycles. The quantitative estimate of drug-likeness (QED) is 0.939. The zero-order valence-electron chi connectivity index (χ0n) is 11.8. The lowest BCUT2D eigenvalue weighted by Gasteiger charge is -2.11. The van der Waals surface area contributed by atoms with E-state index < -0.39 is 0 Å². The number of benzene rings is 2. The highest BCUT2D eigenvalue weighted by atomic mass is 32.2. The van der Waals surface area contributed by atoms with Gasteiger partial charge in [0.25, 0.3) is 0 Å². The Balaban J connectivity index is 1.61. The fourth-order valence-electron chi connectivity index (χ4n) is 2.19. The van der Waals surface area contributed by atoms with Crippen molar-refractivity contribution < 1.29 is 9.53 Å². The smallest absolute Gasteiger partial charge is 0.234 e. The van der Waals surface area contributed by atoms with E-state index in [2.05, 4.69) is 5.32 Å². The van der Waals surface area contributed by atoms with Crippen molar-refractivity contribution >= 4 is 17.7 Å². The van der Waals surface area contributed by atoms with Gasteiger partial charge in [-0.05, 0) is 30.2 Å². The van der Waals surface area contributed by atoms with Gasteiger partial charge < -0.3 is 10.1 Å². The first-order valence-electron chi connectivity index (χ1n) is 6.95. The normalized spacial score (nSPS) is 21.1. The molecule has 1 amide bonds. The lowest BCUT2D eigenvalue weighted by Crippen LogP contribution is -2.22. The van der Waals surface area contributed by atoms with E-state index in [1.807, 2.05) is 61.5 Å². The highest BCUT2D eigenvalue weighted by Gasteiger charge is 2.29. The molecular formula is C17H17NO2S. The molecule has 3 rings (SSSR count). The maximum Gasteiger partial charge on any atom is 0.234 e. The molecule has 2 aromatic rings. The fraction of sp³-hybridized carbons (Fsp3) is 0.235. The third-order valence-corrected chi connectivity index (χ3v) is 4.70. The Labute approximate surface area is 128 Å². The average Bonchev–Trinajstić information content (AvgIpc) is 2.86. The van der Waals surface area contributed by atoms with Crippen LogP contribution in [0.15, 0.2) is 54.6 Å². The van der Waals surface area contributed by atoms with Crippen molar-refractivity contribution in [2.75, 3.05) is 0 Å². The first kappa shape index (κ1) is 14.0. The third-order valence-electron chi connectivity index (χ3n) is 3.41. The summed E-state index contributed by atoms with van der Waals surface area (Å²) in [4.78, 5) is 11.5. The minimum absolute atomic E-state index is 0.0176. The molecule has 0 saturated carbocycles. The van der Waals surface area contributed by atoms with Crippen LogP contribution in [0.4, 0.5) is 0 Å². The van der Waals surface area contributed by atoms with Crippen LogP contribution in [0.5, 0.6) is 5.75 Å². The minimum atomic E-state index is 0.0176. The summed E-state index contributed by atoms with van der Waals surface area (Å²) >= 11 is 1.64. The van der Waals surface area contributed by atoms with Crippen LogP contribution in [0.2, 0.25) is 0 Å². The molecule has 2 atom stereocenters. The molecule has 1 aliphatic rings. The molecule has 2 aromatic carbocycles. The van der Waals surface area contributed by atoms with Gasteiger partial charge in [-0.15, -0.1) is 11.8 Å². The number of amides is 1. The largest absolute Gasteiger partial charge is 0.489 e. The first-order valence-corrected chi connectivity index (χ1v) is 7.89. The zero-order chi connectivity index (χ0) is 14.7. The van der Waals surface area contributed by atoms with E-state index in [1.54, 1.807) is 11.8 Å². The maximum absolute atomic E-state index is 11.5. The van der Waals surface area contributed by atoms with Crippen molar-refractivity contribution in [3.8, 4) is 5.75 Å². The lowest BCUT2D eigenvalue weighted by atomic mass is 10.2. The van der Waals surface area contributed by atoms with Gasteiger partial charge in [-0.3, -0.25) is 4.79 Å². The molecule has 3 nitrogen and oxygen atoms in total. The van der Waals surface area contributed by atoms with E-state index in [0.29, 0.717) is 6.61 Å². The summed E-state index contributed by atoms with van der Waals surface area (Å²) in [6.45, 7) is 2.49. The summed E-state index contributed by atoms with van der Waals surface area (Å²) in [6, 6.07) is 18.0. The molecule has 0 unspecified atom stereocenters. The van der Waals surface area contributed by atoms with Crippen molar-refractivity contribution in [3.63, 3.8) is 0 Å². The van der Waals surface area contributed by atoms with Crippen molar-refractivity contribution in [2.24, 2.45) is 0 Å². The minimum Gasteiger partial charge on any atom is -0.489 e. The van der Waals surface area contributed by atoms with Crippen molar-refractivity contribution in [2.45, 2.75) is 24.2 Å². The highest BCUT2D eigenvalue weighted by Crippen LogP contribution is 2.35. The number of carbonyl (C=O) groups excluding carboxylic acids is 1. The van der Waals surface area contributed by atoms with Crippen LogP contribution in [0, 0.1) is 0 Å². The number of rotatable bonds is 4. The average molecular weight is 299 g/mol. The number of carbonyl (C=O) groups is 1. The Kier molecular flexibility index (Phi) is 4.15. The second-order valence-corrected chi connectivity index (χ2v) is 6.46. The highest BCUT2D eigenvalue weighted by molar-refractivity contribution is 8.01. The van der Waals surface area contributed by atoms with Gasteiger partial charge in [0.2, 0.25) is 5.91 Å². The molecule has 108 valence electrons. The molecular weight excluding hydrogens is 282 g/mol. The Hall–Kier alpha value is -1.94. The fourth-order valence-corrected chi connectivity index (χ4v) is 3.29. The van der Waals surface area contributed by atoms with Gasteiger partial charge >= 0.3 is 0 Å². The molecule has 0 aliphatic carbocycles. The SMILES string of the molecule is C[C@@H]1S[C@@H](c2ccc(OCc3ccccc3)cc2)NC1=O. The Morgan fingerprint density at radius 2 is 1.81 bits per heavy atom. The van der Waals surface area contributed by atoms with E-state index in [1.165, 1.54) is 0 Å². The molecule has 1 heterocycles. The predicted octanol–water partition coefficient (Wildman–Crippen LogP) is 3.52. The monoisotopic (exact) mass is 299 g/mol. The summed E-state index contributed by atoms with van der Waals surface area (Å²) in [5.74, 6) is 0.944. The molecule has 0 radical (unpaired) electrons. The Morgan fingerprint density at radius 3 is 2.43 bits per heavy atom. The Bertz CT molecular complexity index is 612. The molecule has 4 heteroatoms. The van der Waals surface area contributed by atoms with Gasteiger partial charge in [0.05, 0.1) is 5.25 Å². The summed E-state index contributed by atoms with van der Waals surface area (Å²) in [5, 5.41) is 3.05. The Morgan fingerprint density at radius 1 is 1.10 bits per heavy atom. The first-order chi connectivity index (χ1) is 10.2.